The number of ether oxygens (including phenoxy) is 1. The molecule has 0 aliphatic carbocycles. The molecule has 0 saturated heterocycles. The van der Waals surface area contributed by atoms with Crippen molar-refractivity contribution in [1.29, 1.82) is 0 Å². The average molecular weight is 621 g/mol. The van der Waals surface area contributed by atoms with Crippen molar-refractivity contribution in [3.63, 3.8) is 0 Å². The summed E-state index contributed by atoms with van der Waals surface area (Å²) in [5.74, 6) is -3.04. The Morgan fingerprint density at radius 3 is 2.27 bits per heavy atom. The third-order valence-corrected chi connectivity index (χ3v) is 8.48. The Balaban J connectivity index is 1.83. The molecule has 244 valence electrons. The van der Waals surface area contributed by atoms with Crippen LogP contribution in [0, 0.1) is 11.8 Å². The average Bonchev–Trinajstić information content (AvgIpc) is 3.44. The SMILES string of the molecule is CCCC[C@H](C)[C@@H](CC(=O)N[C@@H](Cc1c[nH]c2ccccc12)C(=O)N[C@@H](Cc1ccccc1)C(=O)O)OC(=O)[C@H](N)[C@@H](C)CC. The number of aromatic amines is 1. The first-order valence-electron chi connectivity index (χ1n) is 15.9. The quantitative estimate of drug-likeness (QED) is 0.131. The van der Waals surface area contributed by atoms with Gasteiger partial charge in [-0.05, 0) is 35.4 Å². The van der Waals surface area contributed by atoms with E-state index in [2.05, 4.69) is 22.5 Å². The molecule has 10 heteroatoms. The number of hydrogen-bond acceptors (Lipinski definition) is 6. The minimum Gasteiger partial charge on any atom is -0.480 e. The van der Waals surface area contributed by atoms with Crippen LogP contribution in [0.1, 0.15) is 70.9 Å². The molecule has 45 heavy (non-hydrogen) atoms. The predicted octanol–water partition coefficient (Wildman–Crippen LogP) is 4.51. The van der Waals surface area contributed by atoms with Gasteiger partial charge in [-0.1, -0.05) is 95.5 Å². The Kier molecular flexibility index (Phi) is 13.6. The van der Waals surface area contributed by atoms with E-state index in [9.17, 15) is 24.3 Å². The number of aromatic nitrogens is 1. The highest BCUT2D eigenvalue weighted by molar-refractivity contribution is 5.92. The van der Waals surface area contributed by atoms with Crippen LogP contribution < -0.4 is 16.4 Å². The van der Waals surface area contributed by atoms with Gasteiger partial charge >= 0.3 is 11.9 Å². The van der Waals surface area contributed by atoms with Crippen LogP contribution >= 0.6 is 0 Å². The van der Waals surface area contributed by atoms with Crippen molar-refractivity contribution in [2.24, 2.45) is 17.6 Å². The van der Waals surface area contributed by atoms with E-state index in [1.165, 1.54) is 0 Å². The minimum atomic E-state index is -1.20. The van der Waals surface area contributed by atoms with Crippen LogP contribution in [0.5, 0.6) is 0 Å². The van der Waals surface area contributed by atoms with Crippen molar-refractivity contribution in [3.8, 4) is 0 Å². The Morgan fingerprint density at radius 2 is 1.60 bits per heavy atom. The summed E-state index contributed by atoms with van der Waals surface area (Å²) in [6.07, 6.45) is 4.39. The summed E-state index contributed by atoms with van der Waals surface area (Å²) in [5.41, 5.74) is 8.56. The summed E-state index contributed by atoms with van der Waals surface area (Å²) < 4.78 is 5.82. The lowest BCUT2D eigenvalue weighted by Crippen LogP contribution is -2.53. The fourth-order valence-electron chi connectivity index (χ4n) is 5.27. The first-order valence-corrected chi connectivity index (χ1v) is 15.9. The molecule has 0 unspecified atom stereocenters. The third-order valence-electron chi connectivity index (χ3n) is 8.48. The van der Waals surface area contributed by atoms with Gasteiger partial charge in [-0.2, -0.15) is 0 Å². The van der Waals surface area contributed by atoms with Gasteiger partial charge in [0.15, 0.2) is 0 Å². The number of hydrogen-bond donors (Lipinski definition) is 5. The van der Waals surface area contributed by atoms with Crippen LogP contribution in [0.25, 0.3) is 10.9 Å². The van der Waals surface area contributed by atoms with Gasteiger partial charge in [0.1, 0.15) is 24.2 Å². The van der Waals surface area contributed by atoms with Gasteiger partial charge in [0.25, 0.3) is 0 Å². The molecular formula is C35H48N4O6. The molecule has 0 spiro atoms. The number of unbranched alkanes of at least 4 members (excludes halogenated alkanes) is 1. The van der Waals surface area contributed by atoms with E-state index in [4.69, 9.17) is 10.5 Å². The predicted molar refractivity (Wildman–Crippen MR) is 174 cm³/mol. The second-order valence-electron chi connectivity index (χ2n) is 12.0. The summed E-state index contributed by atoms with van der Waals surface area (Å²) in [4.78, 5) is 55.5. The number of aliphatic carboxylic acids is 1. The molecule has 3 aromatic rings. The van der Waals surface area contributed by atoms with Crippen LogP contribution in [0.3, 0.4) is 0 Å². The zero-order chi connectivity index (χ0) is 32.9. The van der Waals surface area contributed by atoms with E-state index in [-0.39, 0.29) is 31.1 Å². The molecular weight excluding hydrogens is 572 g/mol. The number of fused-ring (bicyclic) bond motifs is 1. The molecule has 2 amide bonds. The molecule has 3 rings (SSSR count). The summed E-state index contributed by atoms with van der Waals surface area (Å²) in [6.45, 7) is 7.83. The maximum atomic E-state index is 13.7. The fourth-order valence-corrected chi connectivity index (χ4v) is 5.27. The number of esters is 1. The fraction of sp³-hybridized carbons (Fsp3) is 0.486. The van der Waals surface area contributed by atoms with Gasteiger partial charge in [-0.3, -0.25) is 14.4 Å². The topological polar surface area (TPSA) is 164 Å². The van der Waals surface area contributed by atoms with E-state index in [0.29, 0.717) is 6.42 Å². The van der Waals surface area contributed by atoms with Crippen molar-refractivity contribution < 1.29 is 29.0 Å². The maximum Gasteiger partial charge on any atom is 0.326 e. The molecule has 1 heterocycles. The van der Waals surface area contributed by atoms with Crippen molar-refractivity contribution >= 4 is 34.7 Å². The molecule has 0 aliphatic heterocycles. The normalized spacial score (nSPS) is 15.3. The molecule has 0 radical (unpaired) electrons. The molecule has 6 atom stereocenters. The lowest BCUT2D eigenvalue weighted by molar-refractivity contribution is -0.156. The Morgan fingerprint density at radius 1 is 0.911 bits per heavy atom. The third kappa shape index (κ3) is 10.5. The van der Waals surface area contributed by atoms with E-state index < -0.39 is 48.0 Å². The second kappa shape index (κ2) is 17.3. The number of amides is 2. The Bertz CT molecular complexity index is 1410. The molecule has 1 aromatic heterocycles. The number of carbonyl (C=O) groups is 4. The van der Waals surface area contributed by atoms with E-state index in [1.54, 1.807) is 30.5 Å². The van der Waals surface area contributed by atoms with Gasteiger partial charge in [0.05, 0.1) is 6.42 Å². The van der Waals surface area contributed by atoms with Gasteiger partial charge < -0.3 is 31.2 Å². The number of nitrogens with one attached hydrogen (secondary N) is 3. The molecule has 2 aromatic carbocycles. The van der Waals surface area contributed by atoms with Crippen molar-refractivity contribution in [2.75, 3.05) is 0 Å². The number of rotatable bonds is 18. The van der Waals surface area contributed by atoms with Gasteiger partial charge in [0.2, 0.25) is 11.8 Å². The lowest BCUT2D eigenvalue weighted by Gasteiger charge is -2.27. The van der Waals surface area contributed by atoms with Crippen LogP contribution in [-0.4, -0.2) is 58.1 Å². The molecule has 10 nitrogen and oxygen atoms in total. The second-order valence-corrected chi connectivity index (χ2v) is 12.0. The molecule has 6 N–H and O–H groups in total. The number of carboxylic acids is 1. The maximum absolute atomic E-state index is 13.7. The summed E-state index contributed by atoms with van der Waals surface area (Å²) in [6, 6.07) is 13.5. The lowest BCUT2D eigenvalue weighted by atomic mass is 9.94. The van der Waals surface area contributed by atoms with Gasteiger partial charge in [-0.25, -0.2) is 4.79 Å². The van der Waals surface area contributed by atoms with Crippen LogP contribution in [0.2, 0.25) is 0 Å². The monoisotopic (exact) mass is 620 g/mol. The van der Waals surface area contributed by atoms with E-state index in [0.717, 1.165) is 41.3 Å². The number of para-hydroxylation sites is 1. The molecule has 0 fully saturated rings. The molecule has 0 aliphatic rings. The first-order chi connectivity index (χ1) is 21.5. The smallest absolute Gasteiger partial charge is 0.326 e. The highest BCUT2D eigenvalue weighted by Crippen LogP contribution is 2.22. The van der Waals surface area contributed by atoms with Crippen LogP contribution in [-0.2, 0) is 36.8 Å². The Labute approximate surface area is 265 Å². The number of benzene rings is 2. The van der Waals surface area contributed by atoms with Crippen molar-refractivity contribution in [2.45, 2.75) is 96.9 Å². The summed E-state index contributed by atoms with van der Waals surface area (Å²) in [7, 11) is 0. The van der Waals surface area contributed by atoms with Crippen LogP contribution in [0.4, 0.5) is 0 Å². The van der Waals surface area contributed by atoms with E-state index >= 15 is 0 Å². The Hall–Kier alpha value is -4.18. The standard InChI is InChI=1S/C35H48N4O6/c1-5-7-13-23(4)30(45-35(44)32(36)22(3)6-2)20-31(40)38-28(19-25-21-37-27-17-12-11-16-26(25)27)33(41)39-29(34(42)43)18-24-14-9-8-10-15-24/h8-12,14-17,21-23,28-30,32,37H,5-7,13,18-20,36H2,1-4H3,(H,38,40)(H,39,41)(H,42,43)/t22-,23-,28-,29-,30+,32+/m0/s1. The summed E-state index contributed by atoms with van der Waals surface area (Å²) in [5, 5.41) is 16.3. The minimum absolute atomic E-state index is 0.0824. The van der Waals surface area contributed by atoms with Gasteiger partial charge in [0, 0.05) is 29.9 Å². The van der Waals surface area contributed by atoms with E-state index in [1.807, 2.05) is 51.1 Å². The summed E-state index contributed by atoms with van der Waals surface area (Å²) >= 11 is 0. The van der Waals surface area contributed by atoms with Crippen molar-refractivity contribution in [1.82, 2.24) is 15.6 Å². The molecule has 0 bridgehead atoms. The highest BCUT2D eigenvalue weighted by Gasteiger charge is 2.32. The molecule has 0 saturated carbocycles. The zero-order valence-electron chi connectivity index (χ0n) is 26.8. The first kappa shape index (κ1) is 35.3. The largest absolute Gasteiger partial charge is 0.480 e. The van der Waals surface area contributed by atoms with Crippen molar-refractivity contribution in [3.05, 3.63) is 71.9 Å². The zero-order valence-corrected chi connectivity index (χ0v) is 26.8. The van der Waals surface area contributed by atoms with Crippen LogP contribution in [0.15, 0.2) is 60.8 Å². The number of nitrogens with two attached hydrogens (primary N) is 1. The number of H-pyrrole nitrogens is 1. The number of carbonyl (C=O) groups excluding carboxylic acids is 3. The van der Waals surface area contributed by atoms with Gasteiger partial charge in [-0.15, -0.1) is 0 Å². The number of carboxylic acid groups (broad SMARTS) is 1. The highest BCUT2D eigenvalue weighted by atomic mass is 16.5.